The third kappa shape index (κ3) is 2.03. The van der Waals surface area contributed by atoms with Crippen LogP contribution in [0.3, 0.4) is 0 Å². The molecule has 1 saturated carbocycles. The highest BCUT2D eigenvalue weighted by Gasteiger charge is 2.21. The summed E-state index contributed by atoms with van der Waals surface area (Å²) in [5, 5.41) is 1.88. The van der Waals surface area contributed by atoms with Crippen molar-refractivity contribution < 1.29 is 4.39 Å². The van der Waals surface area contributed by atoms with E-state index in [1.54, 1.807) is 6.07 Å². The average Bonchev–Trinajstić information content (AvgIpc) is 2.41. The summed E-state index contributed by atoms with van der Waals surface area (Å²) in [4.78, 5) is 0. The highest BCUT2D eigenvalue weighted by atomic mass is 19.1. The average molecular weight is 242 g/mol. The first-order valence-corrected chi connectivity index (χ1v) is 6.93. The maximum atomic E-state index is 13.8. The Labute approximate surface area is 108 Å². The summed E-state index contributed by atoms with van der Waals surface area (Å²) >= 11 is 0. The van der Waals surface area contributed by atoms with E-state index in [0.29, 0.717) is 5.92 Å². The summed E-state index contributed by atoms with van der Waals surface area (Å²) in [5.41, 5.74) is 1.35. The molecule has 0 nitrogen and oxygen atoms in total. The molecule has 18 heavy (non-hydrogen) atoms. The molecular formula is C17H19F. The molecule has 2 aromatic carbocycles. The summed E-state index contributed by atoms with van der Waals surface area (Å²) in [6, 6.07) is 11.5. The number of halogens is 1. The van der Waals surface area contributed by atoms with Gasteiger partial charge in [-0.3, -0.25) is 0 Å². The number of fused-ring (bicyclic) bond motifs is 1. The largest absolute Gasteiger partial charge is 0.206 e. The summed E-state index contributed by atoms with van der Waals surface area (Å²) in [5.74, 6) is 1.37. The van der Waals surface area contributed by atoms with Crippen molar-refractivity contribution in [1.82, 2.24) is 0 Å². The fourth-order valence-electron chi connectivity index (χ4n) is 3.21. The Balaban J connectivity index is 2.04. The molecule has 0 atom stereocenters. The molecule has 2 aromatic rings. The van der Waals surface area contributed by atoms with Crippen LogP contribution in [0.5, 0.6) is 0 Å². The number of hydrogen-bond acceptors (Lipinski definition) is 0. The lowest BCUT2D eigenvalue weighted by molar-refractivity contribution is 0.349. The highest BCUT2D eigenvalue weighted by molar-refractivity contribution is 5.86. The van der Waals surface area contributed by atoms with Crippen molar-refractivity contribution >= 4 is 10.8 Å². The summed E-state index contributed by atoms with van der Waals surface area (Å²) in [7, 11) is 0. The van der Waals surface area contributed by atoms with E-state index in [4.69, 9.17) is 0 Å². The molecule has 0 saturated heterocycles. The molecule has 0 heterocycles. The van der Waals surface area contributed by atoms with Gasteiger partial charge in [0.25, 0.3) is 0 Å². The van der Waals surface area contributed by atoms with Crippen LogP contribution in [0.4, 0.5) is 4.39 Å². The van der Waals surface area contributed by atoms with Crippen molar-refractivity contribution in [2.24, 2.45) is 5.92 Å². The molecule has 0 bridgehead atoms. The molecule has 0 unspecified atom stereocenters. The Hall–Kier alpha value is -1.37. The minimum atomic E-state index is -0.0986. The number of benzene rings is 2. The molecule has 3 rings (SSSR count). The quantitative estimate of drug-likeness (QED) is 0.638. The lowest BCUT2D eigenvalue weighted by Gasteiger charge is -2.27. The molecule has 94 valence electrons. The maximum Gasteiger partial charge on any atom is 0.131 e. The van der Waals surface area contributed by atoms with Gasteiger partial charge in [0.2, 0.25) is 0 Å². The van der Waals surface area contributed by atoms with Gasteiger partial charge < -0.3 is 0 Å². The van der Waals surface area contributed by atoms with Gasteiger partial charge in [-0.1, -0.05) is 50.1 Å². The summed E-state index contributed by atoms with van der Waals surface area (Å²) in [6.07, 6.45) is 5.10. The molecule has 1 aliphatic carbocycles. The predicted octanol–water partition coefficient (Wildman–Crippen LogP) is 5.27. The van der Waals surface area contributed by atoms with Crippen LogP contribution in [0, 0.1) is 11.7 Å². The summed E-state index contributed by atoms with van der Waals surface area (Å²) < 4.78 is 13.8. The highest BCUT2D eigenvalue weighted by Crippen LogP contribution is 2.38. The molecule has 0 amide bonds. The summed E-state index contributed by atoms with van der Waals surface area (Å²) in [6.45, 7) is 2.33. The Kier molecular flexibility index (Phi) is 3.07. The minimum absolute atomic E-state index is 0.0986. The van der Waals surface area contributed by atoms with E-state index in [9.17, 15) is 4.39 Å². The molecule has 0 N–H and O–H groups in total. The zero-order valence-electron chi connectivity index (χ0n) is 10.8. The molecule has 0 spiro atoms. The van der Waals surface area contributed by atoms with Crippen LogP contribution in [-0.4, -0.2) is 0 Å². The molecule has 0 aromatic heterocycles. The molecular weight excluding hydrogens is 223 g/mol. The van der Waals surface area contributed by atoms with Crippen molar-refractivity contribution in [2.45, 2.75) is 38.5 Å². The van der Waals surface area contributed by atoms with E-state index in [2.05, 4.69) is 13.0 Å². The first-order valence-electron chi connectivity index (χ1n) is 6.93. The van der Waals surface area contributed by atoms with Crippen LogP contribution >= 0.6 is 0 Å². The van der Waals surface area contributed by atoms with E-state index in [-0.39, 0.29) is 5.82 Å². The second-order valence-electron chi connectivity index (χ2n) is 5.64. The third-order valence-corrected chi connectivity index (χ3v) is 4.36. The van der Waals surface area contributed by atoms with Crippen molar-refractivity contribution in [3.05, 3.63) is 47.8 Å². The van der Waals surface area contributed by atoms with Gasteiger partial charge in [0.05, 0.1) is 0 Å². The second kappa shape index (κ2) is 4.72. The lowest BCUT2D eigenvalue weighted by atomic mass is 9.78. The Morgan fingerprint density at radius 1 is 0.889 bits per heavy atom. The van der Waals surface area contributed by atoms with Crippen LogP contribution in [0.2, 0.25) is 0 Å². The monoisotopic (exact) mass is 242 g/mol. The topological polar surface area (TPSA) is 0 Å². The van der Waals surface area contributed by atoms with Gasteiger partial charge in [0, 0.05) is 5.39 Å². The lowest BCUT2D eigenvalue weighted by Crippen LogP contribution is -2.11. The number of rotatable bonds is 1. The second-order valence-corrected chi connectivity index (χ2v) is 5.64. The predicted molar refractivity (Wildman–Crippen MR) is 74.3 cm³/mol. The van der Waals surface area contributed by atoms with E-state index in [1.165, 1.54) is 31.2 Å². The molecule has 0 radical (unpaired) electrons. The maximum absolute atomic E-state index is 13.8. The van der Waals surface area contributed by atoms with Gasteiger partial charge in [-0.15, -0.1) is 0 Å². The van der Waals surface area contributed by atoms with Gasteiger partial charge >= 0.3 is 0 Å². The first kappa shape index (κ1) is 11.7. The van der Waals surface area contributed by atoms with Crippen LogP contribution in [0.25, 0.3) is 10.8 Å². The van der Waals surface area contributed by atoms with E-state index in [0.717, 1.165) is 16.7 Å². The Bertz CT molecular complexity index is 551. The van der Waals surface area contributed by atoms with Crippen LogP contribution in [0.1, 0.15) is 44.1 Å². The Morgan fingerprint density at radius 2 is 1.56 bits per heavy atom. The van der Waals surface area contributed by atoms with Gasteiger partial charge in [-0.2, -0.15) is 0 Å². The van der Waals surface area contributed by atoms with Crippen molar-refractivity contribution in [1.29, 1.82) is 0 Å². The smallest absolute Gasteiger partial charge is 0.131 e. The SMILES string of the molecule is CC1CCC(c2ccc(F)c3ccccc23)CC1. The number of hydrogen-bond donors (Lipinski definition) is 0. The third-order valence-electron chi connectivity index (χ3n) is 4.36. The van der Waals surface area contributed by atoms with Crippen molar-refractivity contribution in [2.75, 3.05) is 0 Å². The first-order chi connectivity index (χ1) is 8.75. The normalized spacial score (nSPS) is 24.3. The van der Waals surface area contributed by atoms with E-state index < -0.39 is 0 Å². The van der Waals surface area contributed by atoms with Gasteiger partial charge in [-0.25, -0.2) is 4.39 Å². The van der Waals surface area contributed by atoms with Crippen molar-refractivity contribution in [3.63, 3.8) is 0 Å². The fourth-order valence-corrected chi connectivity index (χ4v) is 3.21. The zero-order valence-corrected chi connectivity index (χ0v) is 10.8. The van der Waals surface area contributed by atoms with Crippen LogP contribution < -0.4 is 0 Å². The van der Waals surface area contributed by atoms with Gasteiger partial charge in [0.15, 0.2) is 0 Å². The van der Waals surface area contributed by atoms with Crippen molar-refractivity contribution in [3.8, 4) is 0 Å². The molecule has 1 fully saturated rings. The van der Waals surface area contributed by atoms with E-state index in [1.807, 2.05) is 24.3 Å². The molecule has 1 heteroatoms. The molecule has 1 aliphatic rings. The fraction of sp³-hybridized carbons (Fsp3) is 0.412. The van der Waals surface area contributed by atoms with Crippen LogP contribution in [0.15, 0.2) is 36.4 Å². The van der Waals surface area contributed by atoms with E-state index >= 15 is 0 Å². The minimum Gasteiger partial charge on any atom is -0.206 e. The zero-order chi connectivity index (χ0) is 12.5. The van der Waals surface area contributed by atoms with Gasteiger partial charge in [-0.05, 0) is 41.7 Å². The van der Waals surface area contributed by atoms with Crippen LogP contribution in [-0.2, 0) is 0 Å². The van der Waals surface area contributed by atoms with Gasteiger partial charge in [0.1, 0.15) is 5.82 Å². The molecule has 0 aliphatic heterocycles. The Morgan fingerprint density at radius 3 is 2.28 bits per heavy atom. The standard InChI is InChI=1S/C17H19F/c1-12-6-8-13(9-7-12)14-10-11-17(18)16-5-3-2-4-15(14)16/h2-5,10-13H,6-9H2,1H3.